The molecular formula is C14H24N2O3S. The third-order valence-electron chi connectivity index (χ3n) is 3.04. The number of nitrogens with zero attached hydrogens (tertiary/aromatic N) is 1. The highest BCUT2D eigenvalue weighted by Crippen LogP contribution is 2.12. The molecule has 1 atom stereocenters. The summed E-state index contributed by atoms with van der Waals surface area (Å²) >= 11 is 0. The molecule has 20 heavy (non-hydrogen) atoms. The first-order valence-electron chi connectivity index (χ1n) is 6.84. The summed E-state index contributed by atoms with van der Waals surface area (Å²) in [6.45, 7) is 4.23. The molecule has 0 heterocycles. The van der Waals surface area contributed by atoms with Crippen molar-refractivity contribution in [2.75, 3.05) is 13.6 Å². The minimum Gasteiger partial charge on any atom is -0.314 e. The van der Waals surface area contributed by atoms with Crippen molar-refractivity contribution < 1.29 is 13.6 Å². The van der Waals surface area contributed by atoms with Gasteiger partial charge in [-0.3, -0.25) is 0 Å². The molecule has 0 fully saturated rings. The Kier molecular flexibility index (Phi) is 6.61. The first kappa shape index (κ1) is 17.1. The Labute approximate surface area is 121 Å². The molecule has 0 aliphatic heterocycles. The molecule has 1 aromatic carbocycles. The van der Waals surface area contributed by atoms with Crippen LogP contribution in [-0.2, 0) is 10.0 Å². The molecule has 0 radical (unpaired) electrons. The van der Waals surface area contributed by atoms with Gasteiger partial charge in [0.2, 0.25) is 10.0 Å². The summed E-state index contributed by atoms with van der Waals surface area (Å²) in [5.41, 5.74) is 1.02. The Morgan fingerprint density at radius 2 is 1.90 bits per heavy atom. The van der Waals surface area contributed by atoms with Crippen LogP contribution in [-0.4, -0.2) is 38.3 Å². The molecule has 6 heteroatoms. The fraction of sp³-hybridized carbons (Fsp3) is 0.571. The van der Waals surface area contributed by atoms with E-state index in [1.807, 2.05) is 13.8 Å². The minimum absolute atomic E-state index is 0.255. The van der Waals surface area contributed by atoms with Crippen LogP contribution in [0.3, 0.4) is 0 Å². The summed E-state index contributed by atoms with van der Waals surface area (Å²) in [7, 11) is -2.03. The molecule has 1 rings (SSSR count). The van der Waals surface area contributed by atoms with Crippen molar-refractivity contribution in [3.8, 4) is 0 Å². The number of unbranched alkanes of at least 4 members (excludes halogenated alkanes) is 1. The summed E-state index contributed by atoms with van der Waals surface area (Å²) in [6, 6.07) is 6.44. The normalized spacial score (nSPS) is 13.7. The Morgan fingerprint density at radius 1 is 1.30 bits per heavy atom. The molecule has 0 saturated carbocycles. The lowest BCUT2D eigenvalue weighted by Crippen LogP contribution is -2.41. The molecule has 0 saturated heterocycles. The van der Waals surface area contributed by atoms with Gasteiger partial charge in [0.1, 0.15) is 0 Å². The average molecular weight is 300 g/mol. The van der Waals surface area contributed by atoms with E-state index in [0.717, 1.165) is 23.5 Å². The second-order valence-corrected chi connectivity index (χ2v) is 6.83. The zero-order valence-corrected chi connectivity index (χ0v) is 13.2. The molecule has 1 unspecified atom stereocenters. The van der Waals surface area contributed by atoms with Crippen LogP contribution in [0.1, 0.15) is 31.7 Å². The largest absolute Gasteiger partial charge is 0.314 e. The zero-order chi connectivity index (χ0) is 15.2. The van der Waals surface area contributed by atoms with Gasteiger partial charge in [-0.2, -0.15) is 5.06 Å². The van der Waals surface area contributed by atoms with Crippen molar-refractivity contribution in [1.29, 1.82) is 0 Å². The Hall–Kier alpha value is -0.950. The third kappa shape index (κ3) is 5.58. The maximum Gasteiger partial charge on any atom is 0.240 e. The van der Waals surface area contributed by atoms with E-state index in [0.29, 0.717) is 6.42 Å². The molecule has 5 nitrogen and oxygen atoms in total. The Balaban J connectivity index is 2.81. The minimum atomic E-state index is -3.54. The first-order chi connectivity index (χ1) is 9.35. The molecule has 0 spiro atoms. The SMILES string of the molecule is CCCCC(CN(C)O)NS(=O)(=O)c1ccc(C)cc1. The van der Waals surface area contributed by atoms with Gasteiger partial charge in [-0.05, 0) is 25.5 Å². The number of nitrogens with one attached hydrogen (secondary N) is 1. The molecule has 0 amide bonds. The highest BCUT2D eigenvalue weighted by atomic mass is 32.2. The summed E-state index contributed by atoms with van der Waals surface area (Å²) in [6.07, 6.45) is 2.60. The van der Waals surface area contributed by atoms with E-state index in [4.69, 9.17) is 0 Å². The standard InChI is InChI=1S/C14H24N2O3S/c1-4-5-6-13(11-16(3)17)15-20(18,19)14-9-7-12(2)8-10-14/h7-10,13,15,17H,4-6,11H2,1-3H3. The molecule has 0 aliphatic carbocycles. The van der Waals surface area contributed by atoms with Crippen LogP contribution in [0.5, 0.6) is 0 Å². The molecule has 114 valence electrons. The molecular weight excluding hydrogens is 276 g/mol. The molecule has 1 aromatic rings. The van der Waals surface area contributed by atoms with Crippen LogP contribution < -0.4 is 4.72 Å². The number of sulfonamides is 1. The highest BCUT2D eigenvalue weighted by Gasteiger charge is 2.20. The van der Waals surface area contributed by atoms with E-state index < -0.39 is 10.0 Å². The van der Waals surface area contributed by atoms with Crippen molar-refractivity contribution in [1.82, 2.24) is 9.79 Å². The van der Waals surface area contributed by atoms with Gasteiger partial charge in [0.05, 0.1) is 4.90 Å². The monoisotopic (exact) mass is 300 g/mol. The maximum absolute atomic E-state index is 12.3. The number of benzene rings is 1. The predicted molar refractivity (Wildman–Crippen MR) is 79.2 cm³/mol. The van der Waals surface area contributed by atoms with Gasteiger partial charge in [0.25, 0.3) is 0 Å². The third-order valence-corrected chi connectivity index (χ3v) is 4.58. The van der Waals surface area contributed by atoms with Gasteiger partial charge in [-0.15, -0.1) is 0 Å². The van der Waals surface area contributed by atoms with Crippen molar-refractivity contribution in [2.45, 2.75) is 44.0 Å². The zero-order valence-electron chi connectivity index (χ0n) is 12.3. The summed E-state index contributed by atoms with van der Waals surface area (Å²) in [5, 5.41) is 10.3. The Morgan fingerprint density at radius 3 is 2.40 bits per heavy atom. The van der Waals surface area contributed by atoms with E-state index in [-0.39, 0.29) is 17.5 Å². The number of hydroxylamine groups is 2. The number of hydrogen-bond acceptors (Lipinski definition) is 4. The summed E-state index contributed by atoms with van der Waals surface area (Å²) in [5.74, 6) is 0. The fourth-order valence-electron chi connectivity index (χ4n) is 1.96. The predicted octanol–water partition coefficient (Wildman–Crippen LogP) is 2.15. The Bertz CT molecular complexity index is 498. The first-order valence-corrected chi connectivity index (χ1v) is 8.32. The van der Waals surface area contributed by atoms with Crippen LogP contribution in [0.15, 0.2) is 29.2 Å². The highest BCUT2D eigenvalue weighted by molar-refractivity contribution is 7.89. The van der Waals surface area contributed by atoms with Crippen molar-refractivity contribution in [2.24, 2.45) is 0 Å². The quantitative estimate of drug-likeness (QED) is 0.722. The van der Waals surface area contributed by atoms with Gasteiger partial charge in [0, 0.05) is 19.6 Å². The van der Waals surface area contributed by atoms with Crippen LogP contribution in [0.25, 0.3) is 0 Å². The second-order valence-electron chi connectivity index (χ2n) is 5.11. The number of rotatable bonds is 8. The van der Waals surface area contributed by atoms with Crippen molar-refractivity contribution >= 4 is 10.0 Å². The van der Waals surface area contributed by atoms with E-state index in [9.17, 15) is 13.6 Å². The lowest BCUT2D eigenvalue weighted by Gasteiger charge is -2.21. The fourth-order valence-corrected chi connectivity index (χ4v) is 3.22. The molecule has 0 aromatic heterocycles. The molecule has 2 N–H and O–H groups in total. The van der Waals surface area contributed by atoms with Gasteiger partial charge in [-0.1, -0.05) is 37.5 Å². The lowest BCUT2D eigenvalue weighted by molar-refractivity contribution is -0.0701. The van der Waals surface area contributed by atoms with E-state index in [1.165, 1.54) is 7.05 Å². The average Bonchev–Trinajstić information content (AvgIpc) is 2.35. The topological polar surface area (TPSA) is 69.6 Å². The van der Waals surface area contributed by atoms with Gasteiger partial charge in [-0.25, -0.2) is 13.1 Å². The van der Waals surface area contributed by atoms with Gasteiger partial charge >= 0.3 is 0 Å². The van der Waals surface area contributed by atoms with Crippen LogP contribution in [0, 0.1) is 6.92 Å². The van der Waals surface area contributed by atoms with Gasteiger partial charge in [0.15, 0.2) is 0 Å². The van der Waals surface area contributed by atoms with Crippen LogP contribution >= 0.6 is 0 Å². The van der Waals surface area contributed by atoms with Crippen molar-refractivity contribution in [3.63, 3.8) is 0 Å². The molecule has 0 bridgehead atoms. The van der Waals surface area contributed by atoms with E-state index >= 15 is 0 Å². The smallest absolute Gasteiger partial charge is 0.240 e. The van der Waals surface area contributed by atoms with E-state index in [2.05, 4.69) is 4.72 Å². The van der Waals surface area contributed by atoms with Gasteiger partial charge < -0.3 is 5.21 Å². The number of aryl methyl sites for hydroxylation is 1. The maximum atomic E-state index is 12.3. The van der Waals surface area contributed by atoms with E-state index in [1.54, 1.807) is 24.3 Å². The number of hydrogen-bond donors (Lipinski definition) is 2. The second kappa shape index (κ2) is 7.73. The van der Waals surface area contributed by atoms with Crippen LogP contribution in [0.2, 0.25) is 0 Å². The van der Waals surface area contributed by atoms with Crippen LogP contribution in [0.4, 0.5) is 0 Å². The lowest BCUT2D eigenvalue weighted by atomic mass is 10.1. The molecule has 0 aliphatic rings. The summed E-state index contributed by atoms with van der Waals surface area (Å²) in [4.78, 5) is 0.255. The number of likely N-dealkylation sites (N-methyl/N-ethyl adjacent to an activating group) is 1. The summed E-state index contributed by atoms with van der Waals surface area (Å²) < 4.78 is 27.2. The van der Waals surface area contributed by atoms with Crippen molar-refractivity contribution in [3.05, 3.63) is 29.8 Å².